The molecule has 160 valence electrons. The average molecular weight is 441 g/mol. The third-order valence-corrected chi connectivity index (χ3v) is 5.80. The fourth-order valence-corrected chi connectivity index (χ4v) is 4.38. The number of amides is 3. The molecule has 1 unspecified atom stereocenters. The molecule has 9 nitrogen and oxygen atoms in total. The average Bonchev–Trinajstić information content (AvgIpc) is 3.17. The summed E-state index contributed by atoms with van der Waals surface area (Å²) in [6.45, 7) is 4.40. The Balaban J connectivity index is 1.74. The van der Waals surface area contributed by atoms with Gasteiger partial charge in [-0.25, -0.2) is 15.0 Å². The molecule has 2 aromatic heterocycles. The maximum atomic E-state index is 12.6. The number of nitrogens with zero attached hydrogens (tertiary/aromatic N) is 5. The van der Waals surface area contributed by atoms with Crippen molar-refractivity contribution >= 4 is 29.3 Å². The Hall–Kier alpha value is -3.33. The maximum absolute atomic E-state index is 12.6. The molecule has 2 atom stereocenters. The molecule has 2 aliphatic heterocycles. The Morgan fingerprint density at radius 3 is 2.77 bits per heavy atom. The van der Waals surface area contributed by atoms with Crippen LogP contribution in [0.15, 0.2) is 37.2 Å². The van der Waals surface area contributed by atoms with Gasteiger partial charge in [-0.3, -0.25) is 14.4 Å². The number of rotatable bonds is 4. The van der Waals surface area contributed by atoms with Gasteiger partial charge >= 0.3 is 0 Å². The zero-order valence-corrected chi connectivity index (χ0v) is 17.7. The maximum Gasteiger partial charge on any atom is 0.269 e. The molecule has 10 heteroatoms. The van der Waals surface area contributed by atoms with Crippen molar-refractivity contribution in [1.29, 1.82) is 0 Å². The minimum atomic E-state index is -0.364. The first-order valence-electron chi connectivity index (χ1n) is 9.85. The summed E-state index contributed by atoms with van der Waals surface area (Å²) in [5.74, 6) is -0.461. The van der Waals surface area contributed by atoms with E-state index in [1.54, 1.807) is 17.0 Å². The molecule has 2 aromatic rings. The molecule has 0 bridgehead atoms. The van der Waals surface area contributed by atoms with Gasteiger partial charge in [0.1, 0.15) is 17.2 Å². The third-order valence-electron chi connectivity index (χ3n) is 5.61. The highest BCUT2D eigenvalue weighted by atomic mass is 35.5. The van der Waals surface area contributed by atoms with Gasteiger partial charge in [-0.15, -0.1) is 0 Å². The normalized spacial score (nSPS) is 20.4. The predicted octanol–water partition coefficient (Wildman–Crippen LogP) is 1.61. The Labute approximate surface area is 184 Å². The molecular formula is C21H21ClN6O3. The number of hydrogen-bond acceptors (Lipinski definition) is 6. The van der Waals surface area contributed by atoms with Crippen LogP contribution in [0.4, 0.5) is 0 Å². The lowest BCUT2D eigenvalue weighted by molar-refractivity contribution is -0.140. The van der Waals surface area contributed by atoms with Crippen LogP contribution in [0.5, 0.6) is 0 Å². The molecule has 3 amide bonds. The fraction of sp³-hybridized carbons (Fsp3) is 0.333. The number of nitrogens with one attached hydrogen (secondary N) is 1. The van der Waals surface area contributed by atoms with E-state index in [1.807, 2.05) is 4.90 Å². The standard InChI is InChI=1S/C21H21ClN6O3/c1-3-19(29)27-9-13-4-5-20(30)28(13)17(10-27)12-6-15(26-18(22)7-12)14-8-16(21(31)23-2)25-11-24-14/h3,6-8,11,13,17H,1,4-5,9-10H2,2H3,(H,23,31)/t13-,17?/m1/s1. The van der Waals surface area contributed by atoms with Crippen LogP contribution in [0, 0.1) is 0 Å². The zero-order valence-electron chi connectivity index (χ0n) is 16.9. The predicted molar refractivity (Wildman–Crippen MR) is 113 cm³/mol. The topological polar surface area (TPSA) is 108 Å². The van der Waals surface area contributed by atoms with E-state index in [4.69, 9.17) is 11.6 Å². The number of hydrogen-bond donors (Lipinski definition) is 1. The van der Waals surface area contributed by atoms with Gasteiger partial charge in [0.15, 0.2) is 0 Å². The summed E-state index contributed by atoms with van der Waals surface area (Å²) in [4.78, 5) is 52.9. The summed E-state index contributed by atoms with van der Waals surface area (Å²) in [6.07, 6.45) is 3.72. The van der Waals surface area contributed by atoms with Crippen LogP contribution >= 0.6 is 11.6 Å². The van der Waals surface area contributed by atoms with E-state index in [1.165, 1.54) is 25.5 Å². The summed E-state index contributed by atoms with van der Waals surface area (Å²) in [5, 5.41) is 2.75. The molecule has 0 spiro atoms. The van der Waals surface area contributed by atoms with Crippen molar-refractivity contribution < 1.29 is 14.4 Å². The van der Waals surface area contributed by atoms with Gasteiger partial charge in [-0.1, -0.05) is 18.2 Å². The quantitative estimate of drug-likeness (QED) is 0.571. The van der Waals surface area contributed by atoms with E-state index >= 15 is 0 Å². The number of carbonyl (C=O) groups excluding carboxylic acids is 3. The van der Waals surface area contributed by atoms with Gasteiger partial charge < -0.3 is 15.1 Å². The Kier molecular flexibility index (Phi) is 5.69. The molecule has 2 aliphatic rings. The van der Waals surface area contributed by atoms with Crippen molar-refractivity contribution in [2.45, 2.75) is 24.9 Å². The van der Waals surface area contributed by atoms with Crippen molar-refractivity contribution in [2.24, 2.45) is 0 Å². The van der Waals surface area contributed by atoms with Crippen LogP contribution in [-0.2, 0) is 9.59 Å². The van der Waals surface area contributed by atoms with Crippen LogP contribution in [0.2, 0.25) is 5.15 Å². The first-order valence-corrected chi connectivity index (χ1v) is 10.2. The highest BCUT2D eigenvalue weighted by molar-refractivity contribution is 6.29. The molecule has 2 fully saturated rings. The third kappa shape index (κ3) is 4.00. The van der Waals surface area contributed by atoms with Gasteiger partial charge in [0, 0.05) is 26.6 Å². The van der Waals surface area contributed by atoms with E-state index in [0.717, 1.165) is 5.56 Å². The Bertz CT molecular complexity index is 1070. The first-order chi connectivity index (χ1) is 14.9. The minimum Gasteiger partial charge on any atom is -0.354 e. The fourth-order valence-electron chi connectivity index (χ4n) is 4.16. The lowest BCUT2D eigenvalue weighted by Crippen LogP contribution is -2.54. The van der Waals surface area contributed by atoms with Crippen LogP contribution in [-0.4, -0.2) is 68.7 Å². The first kappa shape index (κ1) is 20.9. The Morgan fingerprint density at radius 1 is 1.23 bits per heavy atom. The molecule has 4 rings (SSSR count). The van der Waals surface area contributed by atoms with Crippen LogP contribution in [0.25, 0.3) is 11.4 Å². The number of aromatic nitrogens is 3. The SMILES string of the molecule is C=CC(=O)N1CC(c2cc(Cl)nc(-c3cc(C(=O)NC)ncn3)c2)N2C(=O)CC[C@@H]2C1. The van der Waals surface area contributed by atoms with Gasteiger partial charge in [0.05, 0.1) is 23.5 Å². The molecule has 0 aliphatic carbocycles. The number of carbonyl (C=O) groups is 3. The lowest BCUT2D eigenvalue weighted by Gasteiger charge is -2.43. The largest absolute Gasteiger partial charge is 0.354 e. The minimum absolute atomic E-state index is 0.0514. The van der Waals surface area contributed by atoms with Crippen molar-refractivity contribution in [3.63, 3.8) is 0 Å². The van der Waals surface area contributed by atoms with E-state index in [0.29, 0.717) is 37.3 Å². The van der Waals surface area contributed by atoms with E-state index < -0.39 is 0 Å². The summed E-state index contributed by atoms with van der Waals surface area (Å²) >= 11 is 6.32. The smallest absolute Gasteiger partial charge is 0.269 e. The molecule has 4 heterocycles. The molecule has 0 radical (unpaired) electrons. The zero-order chi connectivity index (χ0) is 22.1. The molecular weight excluding hydrogens is 420 g/mol. The summed E-state index contributed by atoms with van der Waals surface area (Å²) in [5.41, 5.74) is 1.82. The Morgan fingerprint density at radius 2 is 2.03 bits per heavy atom. The molecule has 2 saturated heterocycles. The van der Waals surface area contributed by atoms with Crippen molar-refractivity contribution in [3.05, 3.63) is 53.6 Å². The van der Waals surface area contributed by atoms with Gasteiger partial charge in [0.25, 0.3) is 5.91 Å². The molecule has 0 saturated carbocycles. The van der Waals surface area contributed by atoms with E-state index in [9.17, 15) is 14.4 Å². The second-order valence-corrected chi connectivity index (χ2v) is 7.82. The lowest BCUT2D eigenvalue weighted by atomic mass is 9.99. The van der Waals surface area contributed by atoms with E-state index in [-0.39, 0.29) is 40.7 Å². The van der Waals surface area contributed by atoms with Gasteiger partial charge in [-0.2, -0.15) is 0 Å². The summed E-state index contributed by atoms with van der Waals surface area (Å²) in [6, 6.07) is 4.60. The monoisotopic (exact) mass is 440 g/mol. The highest BCUT2D eigenvalue weighted by Gasteiger charge is 2.43. The number of halogens is 1. The highest BCUT2D eigenvalue weighted by Crippen LogP contribution is 2.37. The second kappa shape index (κ2) is 8.43. The molecule has 31 heavy (non-hydrogen) atoms. The van der Waals surface area contributed by atoms with Crippen molar-refractivity contribution in [3.8, 4) is 11.4 Å². The van der Waals surface area contributed by atoms with E-state index in [2.05, 4.69) is 26.8 Å². The number of piperazine rings is 1. The van der Waals surface area contributed by atoms with Crippen molar-refractivity contribution in [1.82, 2.24) is 30.1 Å². The number of pyridine rings is 1. The summed E-state index contributed by atoms with van der Waals surface area (Å²) < 4.78 is 0. The second-order valence-electron chi connectivity index (χ2n) is 7.43. The van der Waals surface area contributed by atoms with Crippen LogP contribution in [0.3, 0.4) is 0 Å². The molecule has 0 aromatic carbocycles. The summed E-state index contributed by atoms with van der Waals surface area (Å²) in [7, 11) is 1.52. The number of fused-ring (bicyclic) bond motifs is 1. The van der Waals surface area contributed by atoms with Crippen molar-refractivity contribution in [2.75, 3.05) is 20.1 Å². The van der Waals surface area contributed by atoms with Crippen LogP contribution < -0.4 is 5.32 Å². The van der Waals surface area contributed by atoms with Gasteiger partial charge in [-0.05, 0) is 36.3 Å². The van der Waals surface area contributed by atoms with Crippen LogP contribution in [0.1, 0.15) is 34.9 Å². The molecule has 1 N–H and O–H groups in total. The van der Waals surface area contributed by atoms with Gasteiger partial charge in [0.2, 0.25) is 11.8 Å².